The van der Waals surface area contributed by atoms with Crippen molar-refractivity contribution in [2.24, 2.45) is 5.41 Å². The Bertz CT molecular complexity index is 570. The number of nitrogens with two attached hydrogens (primary N) is 1. The van der Waals surface area contributed by atoms with Crippen LogP contribution in [0.4, 0.5) is 5.00 Å². The van der Waals surface area contributed by atoms with Gasteiger partial charge in [0.2, 0.25) is 0 Å². The second-order valence-corrected chi connectivity index (χ2v) is 6.45. The molecule has 90 valence electrons. The lowest BCUT2D eigenvalue weighted by molar-refractivity contribution is 0.420. The van der Waals surface area contributed by atoms with E-state index in [-0.39, 0.29) is 0 Å². The minimum absolute atomic E-state index is 0.324. The average molecular weight is 249 g/mol. The Hall–Kier alpha value is -1.36. The highest BCUT2D eigenvalue weighted by atomic mass is 32.1. The van der Waals surface area contributed by atoms with Gasteiger partial charge in [-0.3, -0.25) is 0 Å². The van der Waals surface area contributed by atoms with Crippen LogP contribution < -0.4 is 5.73 Å². The van der Waals surface area contributed by atoms with E-state index >= 15 is 0 Å². The van der Waals surface area contributed by atoms with Crippen molar-refractivity contribution in [3.05, 3.63) is 17.5 Å². The molecule has 1 atom stereocenters. The van der Waals surface area contributed by atoms with Crippen LogP contribution in [0.5, 0.6) is 0 Å². The second-order valence-electron chi connectivity index (χ2n) is 5.36. The van der Waals surface area contributed by atoms with E-state index in [2.05, 4.69) is 24.0 Å². The summed E-state index contributed by atoms with van der Waals surface area (Å²) >= 11 is 1.49. The molecule has 0 aliphatic heterocycles. The van der Waals surface area contributed by atoms with E-state index in [9.17, 15) is 0 Å². The van der Waals surface area contributed by atoms with Crippen LogP contribution in [0.3, 0.4) is 0 Å². The zero-order valence-corrected chi connectivity index (χ0v) is 11.0. The summed E-state index contributed by atoms with van der Waals surface area (Å²) in [5.41, 5.74) is 7.19. The van der Waals surface area contributed by atoms with Crippen LogP contribution in [0.15, 0.2) is 10.6 Å². The Labute approximate surface area is 104 Å². The lowest BCUT2D eigenvalue weighted by Crippen LogP contribution is -1.91. The number of rotatable bonds is 2. The van der Waals surface area contributed by atoms with Gasteiger partial charge in [0, 0.05) is 5.92 Å². The third kappa shape index (κ3) is 1.74. The Balaban J connectivity index is 1.93. The molecular formula is C12H15N3OS. The van der Waals surface area contributed by atoms with Crippen LogP contribution >= 0.6 is 11.3 Å². The maximum atomic E-state index is 5.77. The van der Waals surface area contributed by atoms with Crippen molar-refractivity contribution in [3.63, 3.8) is 0 Å². The van der Waals surface area contributed by atoms with Crippen molar-refractivity contribution in [1.29, 1.82) is 0 Å². The summed E-state index contributed by atoms with van der Waals surface area (Å²) in [4.78, 5) is 5.48. The third-order valence-corrected chi connectivity index (χ3v) is 4.45. The van der Waals surface area contributed by atoms with Gasteiger partial charge in [-0.2, -0.15) is 4.98 Å². The number of thiophene rings is 1. The SMILES string of the molecule is Cc1cc(N)sc1-c1nc(C2CC2(C)C)no1. The second kappa shape index (κ2) is 3.32. The first-order valence-electron chi connectivity index (χ1n) is 5.67. The molecule has 0 radical (unpaired) electrons. The zero-order valence-electron chi connectivity index (χ0n) is 10.2. The fourth-order valence-corrected chi connectivity index (χ4v) is 2.96. The molecule has 0 saturated heterocycles. The van der Waals surface area contributed by atoms with E-state index < -0.39 is 0 Å². The van der Waals surface area contributed by atoms with Gasteiger partial charge in [0.25, 0.3) is 5.89 Å². The predicted molar refractivity (Wildman–Crippen MR) is 67.9 cm³/mol. The highest BCUT2D eigenvalue weighted by Crippen LogP contribution is 2.57. The van der Waals surface area contributed by atoms with Gasteiger partial charge in [0.05, 0.1) is 9.88 Å². The van der Waals surface area contributed by atoms with E-state index in [4.69, 9.17) is 10.3 Å². The van der Waals surface area contributed by atoms with Crippen molar-refractivity contribution < 1.29 is 4.52 Å². The molecule has 4 nitrogen and oxygen atoms in total. The van der Waals surface area contributed by atoms with Gasteiger partial charge in [-0.05, 0) is 30.4 Å². The van der Waals surface area contributed by atoms with E-state index in [1.165, 1.54) is 11.3 Å². The standard InChI is InChI=1S/C12H15N3OS/c1-6-4-8(13)17-9(6)11-14-10(15-16-11)7-5-12(7,2)3/h4,7H,5,13H2,1-3H3. The van der Waals surface area contributed by atoms with Crippen LogP contribution in [0.1, 0.15) is 37.6 Å². The minimum Gasteiger partial charge on any atom is -0.391 e. The number of hydrogen-bond donors (Lipinski definition) is 1. The van der Waals surface area contributed by atoms with Crippen molar-refractivity contribution in [3.8, 4) is 10.8 Å². The third-order valence-electron chi connectivity index (χ3n) is 3.40. The molecule has 0 bridgehead atoms. The molecule has 1 aliphatic carbocycles. The molecule has 0 aromatic carbocycles. The van der Waals surface area contributed by atoms with Crippen molar-refractivity contribution >= 4 is 16.3 Å². The molecule has 0 spiro atoms. The predicted octanol–water partition coefficient (Wildman–Crippen LogP) is 3.20. The van der Waals surface area contributed by atoms with Gasteiger partial charge >= 0.3 is 0 Å². The molecule has 0 amide bonds. The number of nitrogens with zero attached hydrogens (tertiary/aromatic N) is 2. The summed E-state index contributed by atoms with van der Waals surface area (Å²) in [5, 5.41) is 4.86. The summed E-state index contributed by atoms with van der Waals surface area (Å²) in [5.74, 6) is 1.87. The molecule has 2 N–H and O–H groups in total. The number of aryl methyl sites for hydroxylation is 1. The van der Waals surface area contributed by atoms with Gasteiger partial charge in [-0.15, -0.1) is 11.3 Å². The molecule has 2 aromatic heterocycles. The van der Waals surface area contributed by atoms with Crippen LogP contribution in [0, 0.1) is 12.3 Å². The van der Waals surface area contributed by atoms with E-state index in [1.807, 2.05) is 13.0 Å². The topological polar surface area (TPSA) is 64.9 Å². The van der Waals surface area contributed by atoms with Crippen molar-refractivity contribution in [2.75, 3.05) is 5.73 Å². The first-order valence-corrected chi connectivity index (χ1v) is 6.49. The van der Waals surface area contributed by atoms with E-state index in [0.717, 1.165) is 27.7 Å². The molecule has 17 heavy (non-hydrogen) atoms. The number of aromatic nitrogens is 2. The maximum Gasteiger partial charge on any atom is 0.268 e. The van der Waals surface area contributed by atoms with E-state index in [1.54, 1.807) is 0 Å². The van der Waals surface area contributed by atoms with Crippen molar-refractivity contribution in [1.82, 2.24) is 10.1 Å². The molecular weight excluding hydrogens is 234 g/mol. The lowest BCUT2D eigenvalue weighted by atomic mass is 10.1. The molecule has 2 aromatic rings. The van der Waals surface area contributed by atoms with Gasteiger partial charge in [0.1, 0.15) is 0 Å². The van der Waals surface area contributed by atoms with E-state index in [0.29, 0.717) is 17.2 Å². The highest BCUT2D eigenvalue weighted by Gasteiger charge is 2.49. The average Bonchev–Trinajstić information content (AvgIpc) is 2.67. The summed E-state index contributed by atoms with van der Waals surface area (Å²) < 4.78 is 5.33. The minimum atomic E-state index is 0.324. The molecule has 1 fully saturated rings. The maximum absolute atomic E-state index is 5.77. The molecule has 1 aliphatic rings. The largest absolute Gasteiger partial charge is 0.391 e. The van der Waals surface area contributed by atoms with Gasteiger partial charge in [-0.25, -0.2) is 0 Å². The Morgan fingerprint density at radius 1 is 1.53 bits per heavy atom. The zero-order chi connectivity index (χ0) is 12.2. The first-order chi connectivity index (χ1) is 7.97. The Morgan fingerprint density at radius 3 is 2.76 bits per heavy atom. The number of hydrogen-bond acceptors (Lipinski definition) is 5. The number of anilines is 1. The summed E-state index contributed by atoms with van der Waals surface area (Å²) in [6.07, 6.45) is 1.14. The summed E-state index contributed by atoms with van der Waals surface area (Å²) in [6.45, 7) is 6.46. The molecule has 2 heterocycles. The Kier molecular flexibility index (Phi) is 2.10. The van der Waals surface area contributed by atoms with Crippen molar-refractivity contribution in [2.45, 2.75) is 33.1 Å². The van der Waals surface area contributed by atoms with Crippen LogP contribution in [0.2, 0.25) is 0 Å². The normalized spacial score (nSPS) is 21.7. The highest BCUT2D eigenvalue weighted by molar-refractivity contribution is 7.19. The summed E-state index contributed by atoms with van der Waals surface area (Å²) in [6, 6.07) is 1.94. The Morgan fingerprint density at radius 2 is 2.24 bits per heavy atom. The lowest BCUT2D eigenvalue weighted by Gasteiger charge is -1.95. The quantitative estimate of drug-likeness (QED) is 0.887. The first kappa shape index (κ1) is 10.8. The van der Waals surface area contributed by atoms with Gasteiger partial charge in [-0.1, -0.05) is 19.0 Å². The fraction of sp³-hybridized carbons (Fsp3) is 0.500. The molecule has 1 unspecified atom stereocenters. The number of nitrogen functional groups attached to an aromatic ring is 1. The monoisotopic (exact) mass is 249 g/mol. The van der Waals surface area contributed by atoms with Gasteiger partial charge in [0.15, 0.2) is 5.82 Å². The summed E-state index contributed by atoms with van der Waals surface area (Å²) in [7, 11) is 0. The van der Waals surface area contributed by atoms with Crippen LogP contribution in [-0.4, -0.2) is 10.1 Å². The molecule has 3 rings (SSSR count). The van der Waals surface area contributed by atoms with Crippen LogP contribution in [-0.2, 0) is 0 Å². The fourth-order valence-electron chi connectivity index (χ4n) is 2.10. The van der Waals surface area contributed by atoms with Gasteiger partial charge < -0.3 is 10.3 Å². The molecule has 5 heteroatoms. The smallest absolute Gasteiger partial charge is 0.268 e. The molecule has 1 saturated carbocycles. The van der Waals surface area contributed by atoms with Crippen LogP contribution in [0.25, 0.3) is 10.8 Å².